The summed E-state index contributed by atoms with van der Waals surface area (Å²) in [5, 5.41) is 6.57. The topological polar surface area (TPSA) is 24.1 Å². The van der Waals surface area contributed by atoms with Crippen LogP contribution in [0.25, 0.3) is 0 Å². The van der Waals surface area contributed by atoms with Crippen molar-refractivity contribution in [3.63, 3.8) is 0 Å². The van der Waals surface area contributed by atoms with Gasteiger partial charge in [0.2, 0.25) is 0 Å². The maximum absolute atomic E-state index is 12.9. The molecule has 1 atom stereocenters. The molecule has 4 heteroatoms. The molecule has 2 rings (SSSR count). The van der Waals surface area contributed by atoms with Crippen LogP contribution in [0.4, 0.5) is 8.78 Å². The molecule has 0 aliphatic carbocycles. The maximum Gasteiger partial charge on any atom is 0.159 e. The summed E-state index contributed by atoms with van der Waals surface area (Å²) < 4.78 is 25.6. The lowest BCUT2D eigenvalue weighted by atomic mass is 10.0. The Morgan fingerprint density at radius 2 is 2.07 bits per heavy atom. The van der Waals surface area contributed by atoms with E-state index < -0.39 is 11.6 Å². The normalized spacial score (nSPS) is 21.6. The van der Waals surface area contributed by atoms with E-state index in [2.05, 4.69) is 10.6 Å². The number of nitrogens with one attached hydrogen (secondary N) is 2. The Balaban J connectivity index is 2.00. The number of hydrogen-bond donors (Lipinski definition) is 2. The lowest BCUT2D eigenvalue weighted by molar-refractivity contribution is 0.415. The van der Waals surface area contributed by atoms with Gasteiger partial charge < -0.3 is 10.6 Å². The number of benzene rings is 1. The summed E-state index contributed by atoms with van der Waals surface area (Å²) in [6.45, 7) is 2.77. The molecule has 1 aliphatic heterocycles. The van der Waals surface area contributed by atoms with E-state index >= 15 is 0 Å². The van der Waals surface area contributed by atoms with Gasteiger partial charge >= 0.3 is 0 Å². The van der Waals surface area contributed by atoms with Gasteiger partial charge in [-0.25, -0.2) is 8.78 Å². The molecule has 1 aliphatic rings. The van der Waals surface area contributed by atoms with Crippen LogP contribution in [-0.2, 0) is 6.42 Å². The maximum atomic E-state index is 12.9. The van der Waals surface area contributed by atoms with Gasteiger partial charge in [-0.15, -0.1) is 0 Å². The molecule has 1 fully saturated rings. The molecule has 82 valence electrons. The predicted octanol–water partition coefficient (Wildman–Crippen LogP) is 1.07. The summed E-state index contributed by atoms with van der Waals surface area (Å²) in [6.07, 6.45) is 0.726. The zero-order valence-electron chi connectivity index (χ0n) is 8.39. The lowest BCUT2D eigenvalue weighted by Gasteiger charge is -2.24. The van der Waals surface area contributed by atoms with Crippen molar-refractivity contribution in [1.82, 2.24) is 10.6 Å². The van der Waals surface area contributed by atoms with E-state index in [4.69, 9.17) is 0 Å². The Morgan fingerprint density at radius 1 is 1.20 bits per heavy atom. The van der Waals surface area contributed by atoms with Gasteiger partial charge in [0.25, 0.3) is 0 Å². The van der Waals surface area contributed by atoms with Crippen molar-refractivity contribution in [3.05, 3.63) is 35.4 Å². The molecule has 1 unspecified atom stereocenters. The SMILES string of the molecule is Fc1ccc(CC2CNCCN2)cc1F. The van der Waals surface area contributed by atoms with Crippen LogP contribution in [0, 0.1) is 11.6 Å². The Morgan fingerprint density at radius 3 is 2.73 bits per heavy atom. The van der Waals surface area contributed by atoms with Gasteiger partial charge in [-0.3, -0.25) is 0 Å². The highest BCUT2D eigenvalue weighted by atomic mass is 19.2. The van der Waals surface area contributed by atoms with Gasteiger partial charge in [-0.05, 0) is 24.1 Å². The summed E-state index contributed by atoms with van der Waals surface area (Å²) in [6, 6.07) is 4.39. The minimum Gasteiger partial charge on any atom is -0.314 e. The van der Waals surface area contributed by atoms with Crippen LogP contribution < -0.4 is 10.6 Å². The van der Waals surface area contributed by atoms with Crippen molar-refractivity contribution in [2.75, 3.05) is 19.6 Å². The number of hydrogen-bond acceptors (Lipinski definition) is 2. The van der Waals surface area contributed by atoms with E-state index in [0.29, 0.717) is 6.04 Å². The van der Waals surface area contributed by atoms with E-state index in [1.165, 1.54) is 12.1 Å². The molecule has 0 amide bonds. The lowest BCUT2D eigenvalue weighted by Crippen LogP contribution is -2.49. The quantitative estimate of drug-likeness (QED) is 0.766. The van der Waals surface area contributed by atoms with E-state index in [-0.39, 0.29) is 0 Å². The van der Waals surface area contributed by atoms with E-state index in [1.807, 2.05) is 0 Å². The fourth-order valence-electron chi connectivity index (χ4n) is 1.81. The van der Waals surface area contributed by atoms with Crippen LogP contribution in [0.2, 0.25) is 0 Å². The number of piperazine rings is 1. The highest BCUT2D eigenvalue weighted by molar-refractivity contribution is 5.19. The molecular weight excluding hydrogens is 198 g/mol. The van der Waals surface area contributed by atoms with Gasteiger partial charge in [-0.2, -0.15) is 0 Å². The zero-order valence-corrected chi connectivity index (χ0v) is 8.39. The standard InChI is InChI=1S/C11H14F2N2/c12-10-2-1-8(6-11(10)13)5-9-7-14-3-4-15-9/h1-2,6,9,14-15H,3-5,7H2. The minimum atomic E-state index is -0.784. The summed E-state index contributed by atoms with van der Waals surface area (Å²) >= 11 is 0. The number of halogens is 2. The van der Waals surface area contributed by atoms with Gasteiger partial charge in [-0.1, -0.05) is 6.07 Å². The monoisotopic (exact) mass is 212 g/mol. The molecule has 1 aromatic carbocycles. The largest absolute Gasteiger partial charge is 0.314 e. The smallest absolute Gasteiger partial charge is 0.159 e. The molecule has 0 spiro atoms. The summed E-state index contributed by atoms with van der Waals surface area (Å²) in [5.41, 5.74) is 0.829. The Hall–Kier alpha value is -1.00. The molecule has 2 N–H and O–H groups in total. The van der Waals surface area contributed by atoms with Crippen molar-refractivity contribution >= 4 is 0 Å². The second kappa shape index (κ2) is 4.68. The predicted molar refractivity (Wildman–Crippen MR) is 54.7 cm³/mol. The third-order valence-electron chi connectivity index (χ3n) is 2.59. The van der Waals surface area contributed by atoms with Crippen molar-refractivity contribution in [2.45, 2.75) is 12.5 Å². The molecule has 0 aromatic heterocycles. The first kappa shape index (κ1) is 10.5. The van der Waals surface area contributed by atoms with Gasteiger partial charge in [0, 0.05) is 25.7 Å². The van der Waals surface area contributed by atoms with Crippen molar-refractivity contribution in [1.29, 1.82) is 0 Å². The Bertz CT molecular complexity index is 335. The van der Waals surface area contributed by atoms with E-state index in [0.717, 1.165) is 31.6 Å². The molecule has 2 nitrogen and oxygen atoms in total. The van der Waals surface area contributed by atoms with Crippen molar-refractivity contribution < 1.29 is 8.78 Å². The first-order chi connectivity index (χ1) is 7.25. The van der Waals surface area contributed by atoms with Gasteiger partial charge in [0.15, 0.2) is 11.6 Å². The molecule has 15 heavy (non-hydrogen) atoms. The average molecular weight is 212 g/mol. The van der Waals surface area contributed by atoms with E-state index in [1.54, 1.807) is 6.07 Å². The zero-order chi connectivity index (χ0) is 10.7. The van der Waals surface area contributed by atoms with Crippen molar-refractivity contribution in [3.8, 4) is 0 Å². The molecule has 0 bridgehead atoms. The molecule has 1 aromatic rings. The van der Waals surface area contributed by atoms with Crippen LogP contribution in [0.15, 0.2) is 18.2 Å². The second-order valence-electron chi connectivity index (χ2n) is 3.81. The Labute approximate surface area is 87.7 Å². The third-order valence-corrected chi connectivity index (χ3v) is 2.59. The first-order valence-corrected chi connectivity index (χ1v) is 5.14. The van der Waals surface area contributed by atoms with Crippen LogP contribution in [0.3, 0.4) is 0 Å². The fourth-order valence-corrected chi connectivity index (χ4v) is 1.81. The summed E-state index contributed by atoms with van der Waals surface area (Å²) in [4.78, 5) is 0. The van der Waals surface area contributed by atoms with Crippen LogP contribution in [0.1, 0.15) is 5.56 Å². The van der Waals surface area contributed by atoms with Crippen LogP contribution in [-0.4, -0.2) is 25.7 Å². The summed E-state index contributed by atoms with van der Waals surface area (Å²) in [5.74, 6) is -1.55. The van der Waals surface area contributed by atoms with Gasteiger partial charge in [0.1, 0.15) is 0 Å². The average Bonchev–Trinajstić information content (AvgIpc) is 2.25. The molecule has 0 radical (unpaired) electrons. The molecule has 1 saturated heterocycles. The highest BCUT2D eigenvalue weighted by Crippen LogP contribution is 2.10. The van der Waals surface area contributed by atoms with E-state index in [9.17, 15) is 8.78 Å². The molecular formula is C11H14F2N2. The highest BCUT2D eigenvalue weighted by Gasteiger charge is 2.13. The summed E-state index contributed by atoms with van der Waals surface area (Å²) in [7, 11) is 0. The minimum absolute atomic E-state index is 0.309. The van der Waals surface area contributed by atoms with Gasteiger partial charge in [0.05, 0.1) is 0 Å². The molecule has 0 saturated carbocycles. The van der Waals surface area contributed by atoms with Crippen LogP contribution in [0.5, 0.6) is 0 Å². The number of rotatable bonds is 2. The third kappa shape index (κ3) is 2.73. The molecule has 1 heterocycles. The Kier molecular flexibility index (Phi) is 3.28. The fraction of sp³-hybridized carbons (Fsp3) is 0.455. The second-order valence-corrected chi connectivity index (χ2v) is 3.81. The first-order valence-electron chi connectivity index (χ1n) is 5.14. The van der Waals surface area contributed by atoms with Crippen molar-refractivity contribution in [2.24, 2.45) is 0 Å². The van der Waals surface area contributed by atoms with Crippen LogP contribution >= 0.6 is 0 Å².